The Morgan fingerprint density at radius 2 is 1.67 bits per heavy atom. The number of carbonyl (C=O) groups excluding carboxylic acids is 1. The molecule has 0 saturated heterocycles. The van der Waals surface area contributed by atoms with E-state index in [9.17, 15) is 4.79 Å². The van der Waals surface area contributed by atoms with Crippen molar-refractivity contribution in [3.8, 4) is 5.75 Å². The SMILES string of the molecule is COc1ccc(C(=O)C(C)NC2CCCCCCC2)cc1. The molecule has 1 atom stereocenters. The minimum Gasteiger partial charge on any atom is -0.497 e. The van der Waals surface area contributed by atoms with Crippen LogP contribution in [-0.2, 0) is 0 Å². The molecule has 1 aliphatic carbocycles. The lowest BCUT2D eigenvalue weighted by molar-refractivity contribution is 0.0941. The summed E-state index contributed by atoms with van der Waals surface area (Å²) in [5.41, 5.74) is 0.752. The molecule has 1 fully saturated rings. The van der Waals surface area contributed by atoms with Crippen LogP contribution in [0.3, 0.4) is 0 Å². The summed E-state index contributed by atoms with van der Waals surface area (Å²) >= 11 is 0. The molecule has 0 heterocycles. The van der Waals surface area contributed by atoms with Crippen LogP contribution in [0.2, 0.25) is 0 Å². The molecule has 0 aliphatic heterocycles. The summed E-state index contributed by atoms with van der Waals surface area (Å²) in [6, 6.07) is 7.74. The minimum atomic E-state index is -0.122. The highest BCUT2D eigenvalue weighted by Crippen LogP contribution is 2.18. The summed E-state index contributed by atoms with van der Waals surface area (Å²) in [7, 11) is 1.63. The molecule has 1 saturated carbocycles. The number of hydrogen-bond donors (Lipinski definition) is 1. The van der Waals surface area contributed by atoms with Crippen LogP contribution in [0.4, 0.5) is 0 Å². The first-order valence-corrected chi connectivity index (χ1v) is 8.15. The molecule has 0 bridgehead atoms. The fourth-order valence-electron chi connectivity index (χ4n) is 3.06. The van der Waals surface area contributed by atoms with Gasteiger partial charge in [0.05, 0.1) is 13.2 Å². The van der Waals surface area contributed by atoms with Gasteiger partial charge in [0, 0.05) is 11.6 Å². The first kappa shape index (κ1) is 16.0. The monoisotopic (exact) mass is 289 g/mol. The summed E-state index contributed by atoms with van der Waals surface area (Å²) in [6.07, 6.45) is 8.98. The fourth-order valence-corrected chi connectivity index (χ4v) is 3.06. The van der Waals surface area contributed by atoms with E-state index in [1.807, 2.05) is 31.2 Å². The van der Waals surface area contributed by atoms with Crippen LogP contribution in [-0.4, -0.2) is 25.0 Å². The Morgan fingerprint density at radius 3 is 2.24 bits per heavy atom. The van der Waals surface area contributed by atoms with Gasteiger partial charge in [-0.1, -0.05) is 32.1 Å². The molecule has 3 nitrogen and oxygen atoms in total. The van der Waals surface area contributed by atoms with E-state index in [2.05, 4.69) is 5.32 Å². The second-order valence-electron chi connectivity index (χ2n) is 6.02. The van der Waals surface area contributed by atoms with E-state index in [1.165, 1.54) is 44.9 Å². The Kier molecular flexibility index (Phi) is 6.24. The van der Waals surface area contributed by atoms with Crippen LogP contribution in [0.15, 0.2) is 24.3 Å². The number of rotatable bonds is 5. The van der Waals surface area contributed by atoms with Gasteiger partial charge in [0.2, 0.25) is 0 Å². The van der Waals surface area contributed by atoms with E-state index in [0.717, 1.165) is 11.3 Å². The van der Waals surface area contributed by atoms with E-state index < -0.39 is 0 Å². The average molecular weight is 289 g/mol. The molecule has 2 rings (SSSR count). The zero-order valence-electron chi connectivity index (χ0n) is 13.2. The number of nitrogens with one attached hydrogen (secondary N) is 1. The lowest BCUT2D eigenvalue weighted by Crippen LogP contribution is -2.41. The number of Topliss-reactive ketones (excluding diaryl/α,β-unsaturated/α-hetero) is 1. The molecule has 1 aromatic rings. The highest BCUT2D eigenvalue weighted by atomic mass is 16.5. The van der Waals surface area contributed by atoms with Crippen LogP contribution < -0.4 is 10.1 Å². The Balaban J connectivity index is 1.91. The fraction of sp³-hybridized carbons (Fsp3) is 0.611. The molecule has 1 unspecified atom stereocenters. The van der Waals surface area contributed by atoms with Gasteiger partial charge in [-0.3, -0.25) is 4.79 Å². The summed E-state index contributed by atoms with van der Waals surface area (Å²) in [5, 5.41) is 3.53. The molecule has 3 heteroatoms. The zero-order valence-corrected chi connectivity index (χ0v) is 13.2. The third-order valence-corrected chi connectivity index (χ3v) is 4.36. The molecular weight excluding hydrogens is 262 g/mol. The van der Waals surface area contributed by atoms with Crippen LogP contribution in [0, 0.1) is 0 Å². The third-order valence-electron chi connectivity index (χ3n) is 4.36. The highest BCUT2D eigenvalue weighted by Gasteiger charge is 2.19. The third kappa shape index (κ3) is 4.85. The number of carbonyl (C=O) groups is 1. The number of methoxy groups -OCH3 is 1. The summed E-state index contributed by atoms with van der Waals surface area (Å²) in [4.78, 5) is 12.5. The molecule has 0 aromatic heterocycles. The lowest BCUT2D eigenvalue weighted by atomic mass is 9.95. The second kappa shape index (κ2) is 8.18. The first-order valence-electron chi connectivity index (χ1n) is 8.15. The first-order chi connectivity index (χ1) is 10.2. The molecule has 1 aromatic carbocycles. The molecule has 21 heavy (non-hydrogen) atoms. The van der Waals surface area contributed by atoms with Crippen molar-refractivity contribution in [2.45, 2.75) is 64.0 Å². The van der Waals surface area contributed by atoms with Gasteiger partial charge in [0.15, 0.2) is 5.78 Å². The van der Waals surface area contributed by atoms with E-state index in [0.29, 0.717) is 6.04 Å². The smallest absolute Gasteiger partial charge is 0.179 e. The van der Waals surface area contributed by atoms with Gasteiger partial charge in [-0.25, -0.2) is 0 Å². The van der Waals surface area contributed by atoms with Crippen molar-refractivity contribution in [3.05, 3.63) is 29.8 Å². The van der Waals surface area contributed by atoms with Gasteiger partial charge in [0.25, 0.3) is 0 Å². The van der Waals surface area contributed by atoms with Crippen molar-refractivity contribution in [3.63, 3.8) is 0 Å². The van der Waals surface area contributed by atoms with E-state index >= 15 is 0 Å². The number of hydrogen-bond acceptors (Lipinski definition) is 3. The summed E-state index contributed by atoms with van der Waals surface area (Å²) in [5.74, 6) is 0.951. The summed E-state index contributed by atoms with van der Waals surface area (Å²) < 4.78 is 5.13. The number of benzene rings is 1. The molecule has 1 N–H and O–H groups in total. The topological polar surface area (TPSA) is 38.3 Å². The maximum Gasteiger partial charge on any atom is 0.179 e. The molecular formula is C18H27NO2. The van der Waals surface area contributed by atoms with Gasteiger partial charge in [-0.05, 0) is 44.0 Å². The Bertz CT molecular complexity index is 433. The van der Waals surface area contributed by atoms with Crippen LogP contribution in [0.25, 0.3) is 0 Å². The Hall–Kier alpha value is -1.35. The van der Waals surface area contributed by atoms with Crippen molar-refractivity contribution in [2.75, 3.05) is 7.11 Å². The van der Waals surface area contributed by atoms with Crippen molar-refractivity contribution in [1.29, 1.82) is 0 Å². The van der Waals surface area contributed by atoms with Crippen molar-refractivity contribution in [1.82, 2.24) is 5.32 Å². The Morgan fingerprint density at radius 1 is 1.10 bits per heavy atom. The second-order valence-corrected chi connectivity index (χ2v) is 6.02. The molecule has 1 aliphatic rings. The van der Waals surface area contributed by atoms with Gasteiger partial charge in [-0.2, -0.15) is 0 Å². The molecule has 0 amide bonds. The Labute approximate surface area is 128 Å². The maximum absolute atomic E-state index is 12.5. The quantitative estimate of drug-likeness (QED) is 0.834. The molecule has 116 valence electrons. The largest absolute Gasteiger partial charge is 0.497 e. The van der Waals surface area contributed by atoms with E-state index in [1.54, 1.807) is 7.11 Å². The van der Waals surface area contributed by atoms with Crippen LogP contribution >= 0.6 is 0 Å². The lowest BCUT2D eigenvalue weighted by Gasteiger charge is -2.24. The van der Waals surface area contributed by atoms with Crippen molar-refractivity contribution >= 4 is 5.78 Å². The number of ketones is 1. The predicted octanol–water partition coefficient (Wildman–Crippen LogP) is 3.97. The van der Waals surface area contributed by atoms with Gasteiger partial charge >= 0.3 is 0 Å². The maximum atomic E-state index is 12.5. The predicted molar refractivity (Wildman–Crippen MR) is 86.0 cm³/mol. The van der Waals surface area contributed by atoms with Gasteiger partial charge in [0.1, 0.15) is 5.75 Å². The molecule has 0 spiro atoms. The number of ether oxygens (including phenoxy) is 1. The van der Waals surface area contributed by atoms with Crippen molar-refractivity contribution < 1.29 is 9.53 Å². The van der Waals surface area contributed by atoms with Gasteiger partial charge in [-0.15, -0.1) is 0 Å². The summed E-state index contributed by atoms with van der Waals surface area (Å²) in [6.45, 7) is 1.98. The minimum absolute atomic E-state index is 0.122. The van der Waals surface area contributed by atoms with Crippen LogP contribution in [0.5, 0.6) is 5.75 Å². The van der Waals surface area contributed by atoms with Crippen molar-refractivity contribution in [2.24, 2.45) is 0 Å². The average Bonchev–Trinajstić information content (AvgIpc) is 2.49. The standard InChI is InChI=1S/C18H27NO2/c1-14(19-16-8-6-4-3-5-7-9-16)18(20)15-10-12-17(21-2)13-11-15/h10-14,16,19H,3-9H2,1-2H3. The normalized spacial score (nSPS) is 18.6. The van der Waals surface area contributed by atoms with Gasteiger partial charge < -0.3 is 10.1 Å². The van der Waals surface area contributed by atoms with E-state index in [4.69, 9.17) is 4.74 Å². The van der Waals surface area contributed by atoms with Crippen LogP contribution in [0.1, 0.15) is 62.2 Å². The zero-order chi connectivity index (χ0) is 15.1. The molecule has 0 radical (unpaired) electrons. The van der Waals surface area contributed by atoms with E-state index in [-0.39, 0.29) is 11.8 Å². The highest BCUT2D eigenvalue weighted by molar-refractivity contribution is 5.99.